The summed E-state index contributed by atoms with van der Waals surface area (Å²) in [6, 6.07) is 17.8. The predicted molar refractivity (Wildman–Crippen MR) is 128 cm³/mol. The van der Waals surface area contributed by atoms with E-state index in [1.807, 2.05) is 30.3 Å². The molecule has 1 aromatic heterocycles. The first kappa shape index (κ1) is 21.6. The van der Waals surface area contributed by atoms with Gasteiger partial charge >= 0.3 is 0 Å². The fraction of sp³-hybridized carbons (Fsp3) is 0.320. The summed E-state index contributed by atoms with van der Waals surface area (Å²) in [5.74, 6) is -0.0277. The van der Waals surface area contributed by atoms with E-state index in [0.717, 1.165) is 31.7 Å². The SMILES string of the molecule is COc1ccccc1N1C[C@@H](C(=O)Nc2nc3c(s2)CN(Cc2ccccc2)CC3)CC1=O. The number of carbonyl (C=O) groups is 2. The second-order valence-electron chi connectivity index (χ2n) is 8.40. The Morgan fingerprint density at radius 1 is 1.18 bits per heavy atom. The quantitative estimate of drug-likeness (QED) is 0.605. The molecule has 0 aliphatic carbocycles. The molecule has 0 spiro atoms. The molecular formula is C25H26N4O3S. The van der Waals surface area contributed by atoms with Crippen LogP contribution in [-0.2, 0) is 29.1 Å². The minimum absolute atomic E-state index is 0.0744. The summed E-state index contributed by atoms with van der Waals surface area (Å²) in [6.45, 7) is 3.02. The van der Waals surface area contributed by atoms with Gasteiger partial charge in [-0.05, 0) is 17.7 Å². The Kier molecular flexibility index (Phi) is 6.11. The Morgan fingerprint density at radius 2 is 1.97 bits per heavy atom. The maximum Gasteiger partial charge on any atom is 0.231 e. The molecule has 8 heteroatoms. The molecule has 1 N–H and O–H groups in total. The number of hydrogen-bond acceptors (Lipinski definition) is 6. The Bertz CT molecular complexity index is 1160. The molecule has 170 valence electrons. The lowest BCUT2D eigenvalue weighted by Gasteiger charge is -2.25. The van der Waals surface area contributed by atoms with Crippen LogP contribution < -0.4 is 15.0 Å². The molecule has 3 heterocycles. The first-order chi connectivity index (χ1) is 16.1. The lowest BCUT2D eigenvalue weighted by molar-refractivity contribution is -0.122. The van der Waals surface area contributed by atoms with E-state index in [2.05, 4.69) is 39.5 Å². The minimum atomic E-state index is -0.419. The zero-order valence-corrected chi connectivity index (χ0v) is 19.3. The van der Waals surface area contributed by atoms with Gasteiger partial charge in [-0.15, -0.1) is 11.3 Å². The first-order valence-corrected chi connectivity index (χ1v) is 11.9. The van der Waals surface area contributed by atoms with Crippen LogP contribution in [0.5, 0.6) is 5.75 Å². The summed E-state index contributed by atoms with van der Waals surface area (Å²) in [7, 11) is 1.58. The number of nitrogens with zero attached hydrogens (tertiary/aromatic N) is 3. The van der Waals surface area contributed by atoms with Crippen molar-refractivity contribution in [1.29, 1.82) is 0 Å². The van der Waals surface area contributed by atoms with Gasteiger partial charge in [0, 0.05) is 43.9 Å². The lowest BCUT2D eigenvalue weighted by Crippen LogP contribution is -2.29. The molecule has 0 unspecified atom stereocenters. The number of rotatable bonds is 6. The number of fused-ring (bicyclic) bond motifs is 1. The Balaban J connectivity index is 1.22. The van der Waals surface area contributed by atoms with E-state index < -0.39 is 5.92 Å². The number of nitrogens with one attached hydrogen (secondary N) is 1. The van der Waals surface area contributed by atoms with Gasteiger partial charge in [0.25, 0.3) is 0 Å². The van der Waals surface area contributed by atoms with Crippen molar-refractivity contribution in [3.05, 3.63) is 70.7 Å². The molecule has 2 aliphatic heterocycles. The number of benzene rings is 2. The van der Waals surface area contributed by atoms with Crippen molar-refractivity contribution in [2.75, 3.05) is 30.4 Å². The van der Waals surface area contributed by atoms with Crippen LogP contribution in [0, 0.1) is 5.92 Å². The normalized spacial score (nSPS) is 18.3. The van der Waals surface area contributed by atoms with E-state index in [0.29, 0.717) is 23.1 Å². The summed E-state index contributed by atoms with van der Waals surface area (Å²) in [5.41, 5.74) is 3.06. The average Bonchev–Trinajstić information content (AvgIpc) is 3.42. The van der Waals surface area contributed by atoms with E-state index in [9.17, 15) is 9.59 Å². The van der Waals surface area contributed by atoms with Gasteiger partial charge in [0.05, 0.1) is 24.4 Å². The van der Waals surface area contributed by atoms with Crippen molar-refractivity contribution < 1.29 is 14.3 Å². The van der Waals surface area contributed by atoms with Crippen LogP contribution in [0.3, 0.4) is 0 Å². The number of thiazole rings is 1. The zero-order chi connectivity index (χ0) is 22.8. The van der Waals surface area contributed by atoms with Gasteiger partial charge in [-0.2, -0.15) is 0 Å². The van der Waals surface area contributed by atoms with Crippen LogP contribution in [0.15, 0.2) is 54.6 Å². The van der Waals surface area contributed by atoms with Crippen molar-refractivity contribution in [3.8, 4) is 5.75 Å². The highest BCUT2D eigenvalue weighted by Gasteiger charge is 2.36. The average molecular weight is 463 g/mol. The number of methoxy groups -OCH3 is 1. The van der Waals surface area contributed by atoms with Crippen LogP contribution >= 0.6 is 11.3 Å². The third-order valence-electron chi connectivity index (χ3n) is 6.16. The molecule has 0 saturated carbocycles. The largest absolute Gasteiger partial charge is 0.495 e. The highest BCUT2D eigenvalue weighted by molar-refractivity contribution is 7.15. The second-order valence-corrected chi connectivity index (χ2v) is 9.49. The highest BCUT2D eigenvalue weighted by Crippen LogP contribution is 2.34. The van der Waals surface area contributed by atoms with Crippen molar-refractivity contribution in [1.82, 2.24) is 9.88 Å². The summed E-state index contributed by atoms with van der Waals surface area (Å²) in [6.07, 6.45) is 1.05. The maximum atomic E-state index is 12.9. The van der Waals surface area contributed by atoms with E-state index in [1.54, 1.807) is 12.0 Å². The maximum absolute atomic E-state index is 12.9. The van der Waals surface area contributed by atoms with Gasteiger partial charge in [0.15, 0.2) is 5.13 Å². The number of para-hydroxylation sites is 2. The first-order valence-electron chi connectivity index (χ1n) is 11.1. The van der Waals surface area contributed by atoms with E-state index >= 15 is 0 Å². The van der Waals surface area contributed by atoms with Gasteiger partial charge < -0.3 is 15.0 Å². The van der Waals surface area contributed by atoms with Crippen LogP contribution in [-0.4, -0.2) is 41.9 Å². The molecule has 1 saturated heterocycles. The smallest absolute Gasteiger partial charge is 0.231 e. The third kappa shape index (κ3) is 4.62. The van der Waals surface area contributed by atoms with Crippen LogP contribution in [0.2, 0.25) is 0 Å². The van der Waals surface area contributed by atoms with Crippen molar-refractivity contribution >= 4 is 34.0 Å². The number of hydrogen-bond donors (Lipinski definition) is 1. The van der Waals surface area contributed by atoms with Gasteiger partial charge in [-0.25, -0.2) is 4.98 Å². The summed E-state index contributed by atoms with van der Waals surface area (Å²) < 4.78 is 5.38. The van der Waals surface area contributed by atoms with Crippen molar-refractivity contribution in [2.45, 2.75) is 25.9 Å². The monoisotopic (exact) mass is 462 g/mol. The van der Waals surface area contributed by atoms with E-state index in [-0.39, 0.29) is 18.2 Å². The van der Waals surface area contributed by atoms with Crippen LogP contribution in [0.1, 0.15) is 22.6 Å². The predicted octanol–water partition coefficient (Wildman–Crippen LogP) is 3.70. The van der Waals surface area contributed by atoms with Crippen LogP contribution in [0.25, 0.3) is 0 Å². The number of carbonyl (C=O) groups excluding carboxylic acids is 2. The molecule has 0 bridgehead atoms. The number of ether oxygens (including phenoxy) is 1. The Morgan fingerprint density at radius 3 is 2.79 bits per heavy atom. The summed E-state index contributed by atoms with van der Waals surface area (Å²) in [4.78, 5) is 35.5. The zero-order valence-electron chi connectivity index (χ0n) is 18.5. The van der Waals surface area contributed by atoms with Crippen molar-refractivity contribution in [3.63, 3.8) is 0 Å². The number of aromatic nitrogens is 1. The Labute approximate surface area is 197 Å². The molecule has 1 atom stereocenters. The molecule has 7 nitrogen and oxygen atoms in total. The molecule has 1 fully saturated rings. The van der Waals surface area contributed by atoms with Gasteiger partial charge in [-0.3, -0.25) is 14.5 Å². The lowest BCUT2D eigenvalue weighted by atomic mass is 10.1. The number of amides is 2. The van der Waals surface area contributed by atoms with Gasteiger partial charge in [-0.1, -0.05) is 42.5 Å². The topological polar surface area (TPSA) is 74.8 Å². The molecule has 2 aromatic carbocycles. The minimum Gasteiger partial charge on any atom is -0.495 e. The number of anilines is 2. The fourth-order valence-corrected chi connectivity index (χ4v) is 5.51. The molecule has 5 rings (SSSR count). The van der Waals surface area contributed by atoms with Gasteiger partial charge in [0.1, 0.15) is 5.75 Å². The molecule has 2 amide bonds. The highest BCUT2D eigenvalue weighted by atomic mass is 32.1. The third-order valence-corrected chi connectivity index (χ3v) is 7.16. The van der Waals surface area contributed by atoms with Gasteiger partial charge in [0.2, 0.25) is 11.8 Å². The van der Waals surface area contributed by atoms with Crippen LogP contribution in [0.4, 0.5) is 10.8 Å². The fourth-order valence-electron chi connectivity index (χ4n) is 4.45. The summed E-state index contributed by atoms with van der Waals surface area (Å²) in [5, 5.41) is 3.59. The molecule has 2 aliphatic rings. The Hall–Kier alpha value is -3.23. The summed E-state index contributed by atoms with van der Waals surface area (Å²) >= 11 is 1.54. The molecule has 33 heavy (non-hydrogen) atoms. The molecular weight excluding hydrogens is 436 g/mol. The van der Waals surface area contributed by atoms with Crippen molar-refractivity contribution in [2.24, 2.45) is 5.92 Å². The molecule has 0 radical (unpaired) electrons. The van der Waals surface area contributed by atoms with E-state index in [4.69, 9.17) is 4.74 Å². The molecule has 3 aromatic rings. The standard InChI is InChI=1S/C25H26N4O3S/c1-32-21-10-6-5-9-20(21)29-15-18(13-23(29)30)24(31)27-25-26-19-11-12-28(16-22(19)33-25)14-17-7-3-2-4-8-17/h2-10,18H,11-16H2,1H3,(H,26,27,31)/t18-/m0/s1. The second kappa shape index (κ2) is 9.33. The van der Waals surface area contributed by atoms with E-state index in [1.165, 1.54) is 21.8 Å².